The van der Waals surface area contributed by atoms with E-state index in [0.717, 1.165) is 6.42 Å². The van der Waals surface area contributed by atoms with E-state index in [1.54, 1.807) is 19.1 Å². The maximum absolute atomic E-state index is 12.3. The number of benzene rings is 1. The van der Waals surface area contributed by atoms with E-state index in [4.69, 9.17) is 6.42 Å². The normalized spacial score (nSPS) is 9.74. The van der Waals surface area contributed by atoms with Gasteiger partial charge in [0.25, 0.3) is 11.6 Å². The largest absolute Gasteiger partial charge is 0.327 e. The van der Waals surface area contributed by atoms with Crippen LogP contribution in [-0.4, -0.2) is 28.8 Å². The zero-order chi connectivity index (χ0) is 14.4. The lowest BCUT2D eigenvalue weighted by Gasteiger charge is -2.19. The summed E-state index contributed by atoms with van der Waals surface area (Å²) in [4.78, 5) is 24.3. The van der Waals surface area contributed by atoms with Gasteiger partial charge in [0.1, 0.15) is 5.56 Å². The fourth-order valence-electron chi connectivity index (χ4n) is 1.88. The van der Waals surface area contributed by atoms with Crippen molar-refractivity contribution < 1.29 is 9.72 Å². The molecule has 5 nitrogen and oxygen atoms in total. The summed E-state index contributed by atoms with van der Waals surface area (Å²) < 4.78 is 0. The van der Waals surface area contributed by atoms with Gasteiger partial charge in [-0.15, -0.1) is 6.42 Å². The van der Waals surface area contributed by atoms with Crippen molar-refractivity contribution in [3.63, 3.8) is 0 Å². The molecule has 0 fully saturated rings. The second kappa shape index (κ2) is 6.55. The van der Waals surface area contributed by atoms with Crippen LogP contribution >= 0.6 is 0 Å². The number of aryl methyl sites for hydroxylation is 1. The summed E-state index contributed by atoms with van der Waals surface area (Å²) >= 11 is 0. The number of terminal acetylenes is 1. The molecule has 0 aromatic heterocycles. The van der Waals surface area contributed by atoms with E-state index in [2.05, 4.69) is 5.92 Å². The number of hydrogen-bond acceptors (Lipinski definition) is 3. The van der Waals surface area contributed by atoms with E-state index in [1.807, 2.05) is 6.92 Å². The molecule has 0 unspecified atom stereocenters. The standard InChI is InChI=1S/C14H16N2O3/c1-4-9-15(10-5-2)14(17)12-8-6-7-11(3)13(12)16(18)19/h1,6-8H,5,9-10H2,2-3H3. The van der Waals surface area contributed by atoms with Crippen molar-refractivity contribution in [1.82, 2.24) is 4.90 Å². The Morgan fingerprint density at radius 3 is 2.74 bits per heavy atom. The van der Waals surface area contributed by atoms with Crippen LogP contribution in [0.2, 0.25) is 0 Å². The molecular weight excluding hydrogens is 244 g/mol. The van der Waals surface area contributed by atoms with Crippen molar-refractivity contribution >= 4 is 11.6 Å². The van der Waals surface area contributed by atoms with Crippen LogP contribution in [0.3, 0.4) is 0 Å². The molecule has 100 valence electrons. The van der Waals surface area contributed by atoms with Crippen molar-refractivity contribution in [2.75, 3.05) is 13.1 Å². The van der Waals surface area contributed by atoms with Gasteiger partial charge in [0.05, 0.1) is 11.5 Å². The summed E-state index contributed by atoms with van der Waals surface area (Å²) in [6.07, 6.45) is 5.97. The van der Waals surface area contributed by atoms with Gasteiger partial charge in [-0.3, -0.25) is 14.9 Å². The second-order valence-corrected chi connectivity index (χ2v) is 4.16. The predicted molar refractivity (Wildman–Crippen MR) is 72.9 cm³/mol. The summed E-state index contributed by atoms with van der Waals surface area (Å²) in [6.45, 7) is 4.16. The summed E-state index contributed by atoms with van der Waals surface area (Å²) in [5.41, 5.74) is 0.410. The van der Waals surface area contributed by atoms with Gasteiger partial charge in [-0.2, -0.15) is 0 Å². The molecule has 0 heterocycles. The molecule has 0 bridgehead atoms. The number of amides is 1. The molecule has 0 radical (unpaired) electrons. The Labute approximate surface area is 112 Å². The minimum Gasteiger partial charge on any atom is -0.327 e. The fraction of sp³-hybridized carbons (Fsp3) is 0.357. The molecule has 0 saturated carbocycles. The topological polar surface area (TPSA) is 63.5 Å². The first kappa shape index (κ1) is 14.7. The molecule has 0 aliphatic rings. The van der Waals surface area contributed by atoms with Gasteiger partial charge in [0, 0.05) is 12.1 Å². The highest BCUT2D eigenvalue weighted by atomic mass is 16.6. The van der Waals surface area contributed by atoms with Crippen LogP contribution in [0.1, 0.15) is 29.3 Å². The summed E-state index contributed by atoms with van der Waals surface area (Å²) in [7, 11) is 0. The monoisotopic (exact) mass is 260 g/mol. The number of para-hydroxylation sites is 1. The molecule has 0 spiro atoms. The maximum Gasteiger partial charge on any atom is 0.285 e. The van der Waals surface area contributed by atoms with E-state index in [0.29, 0.717) is 12.1 Å². The highest BCUT2D eigenvalue weighted by Gasteiger charge is 2.25. The van der Waals surface area contributed by atoms with Crippen molar-refractivity contribution in [3.8, 4) is 12.3 Å². The first-order chi connectivity index (χ1) is 9.02. The van der Waals surface area contributed by atoms with Crippen molar-refractivity contribution in [1.29, 1.82) is 0 Å². The van der Waals surface area contributed by atoms with Crippen LogP contribution in [-0.2, 0) is 0 Å². The van der Waals surface area contributed by atoms with Gasteiger partial charge in [-0.25, -0.2) is 0 Å². The van der Waals surface area contributed by atoms with Gasteiger partial charge >= 0.3 is 0 Å². The quantitative estimate of drug-likeness (QED) is 0.464. The SMILES string of the molecule is C#CCN(CCC)C(=O)c1cccc(C)c1[N+](=O)[O-]. The zero-order valence-electron chi connectivity index (χ0n) is 11.0. The molecule has 5 heteroatoms. The first-order valence-corrected chi connectivity index (χ1v) is 5.99. The first-order valence-electron chi connectivity index (χ1n) is 5.99. The molecule has 19 heavy (non-hydrogen) atoms. The summed E-state index contributed by atoms with van der Waals surface area (Å²) in [5.74, 6) is 2.01. The Balaban J connectivity index is 3.21. The maximum atomic E-state index is 12.3. The second-order valence-electron chi connectivity index (χ2n) is 4.16. The molecule has 0 aliphatic carbocycles. The number of carbonyl (C=O) groups excluding carboxylic acids is 1. The number of nitro groups is 1. The van der Waals surface area contributed by atoms with Crippen LogP contribution in [0.25, 0.3) is 0 Å². The number of nitro benzene ring substituents is 1. The number of rotatable bonds is 5. The van der Waals surface area contributed by atoms with Crippen LogP contribution in [0.15, 0.2) is 18.2 Å². The lowest BCUT2D eigenvalue weighted by Crippen LogP contribution is -2.32. The molecule has 0 atom stereocenters. The van der Waals surface area contributed by atoms with Gasteiger partial charge in [0.2, 0.25) is 0 Å². The Kier molecular flexibility index (Phi) is 5.07. The Bertz CT molecular complexity index is 532. The minimum atomic E-state index is -0.525. The number of nitrogens with zero attached hydrogens (tertiary/aromatic N) is 2. The highest BCUT2D eigenvalue weighted by molar-refractivity contribution is 5.98. The van der Waals surface area contributed by atoms with Gasteiger partial charge in [-0.05, 0) is 19.4 Å². The summed E-state index contributed by atoms with van der Waals surface area (Å²) in [6, 6.07) is 4.71. The van der Waals surface area contributed by atoms with Gasteiger partial charge < -0.3 is 4.90 Å². The average molecular weight is 260 g/mol. The Morgan fingerprint density at radius 2 is 2.21 bits per heavy atom. The molecule has 1 aromatic rings. The molecule has 0 saturated heterocycles. The van der Waals surface area contributed by atoms with Crippen molar-refractivity contribution in [3.05, 3.63) is 39.4 Å². The van der Waals surface area contributed by atoms with Crippen LogP contribution in [0.4, 0.5) is 5.69 Å². The number of carbonyl (C=O) groups is 1. The third kappa shape index (κ3) is 3.32. The summed E-state index contributed by atoms with van der Waals surface area (Å²) in [5, 5.41) is 11.1. The molecule has 1 aromatic carbocycles. The van der Waals surface area contributed by atoms with Gasteiger partial charge in [-0.1, -0.05) is 25.0 Å². The minimum absolute atomic E-state index is 0.0914. The van der Waals surface area contributed by atoms with Crippen LogP contribution < -0.4 is 0 Å². The lowest BCUT2D eigenvalue weighted by molar-refractivity contribution is -0.385. The van der Waals surface area contributed by atoms with Crippen molar-refractivity contribution in [2.24, 2.45) is 0 Å². The smallest absolute Gasteiger partial charge is 0.285 e. The Hall–Kier alpha value is -2.35. The average Bonchev–Trinajstić information content (AvgIpc) is 2.37. The lowest BCUT2D eigenvalue weighted by atomic mass is 10.1. The number of hydrogen-bond donors (Lipinski definition) is 0. The van der Waals surface area contributed by atoms with E-state index in [-0.39, 0.29) is 17.8 Å². The molecule has 1 rings (SSSR count). The highest BCUT2D eigenvalue weighted by Crippen LogP contribution is 2.24. The third-order valence-corrected chi connectivity index (χ3v) is 2.71. The molecule has 0 aliphatic heterocycles. The molecule has 0 N–H and O–H groups in total. The molecule has 1 amide bonds. The van der Waals surface area contributed by atoms with E-state index in [9.17, 15) is 14.9 Å². The predicted octanol–water partition coefficient (Wildman–Crippen LogP) is 2.39. The van der Waals surface area contributed by atoms with E-state index in [1.165, 1.54) is 11.0 Å². The van der Waals surface area contributed by atoms with Crippen LogP contribution in [0, 0.1) is 29.4 Å². The van der Waals surface area contributed by atoms with Crippen LogP contribution in [0.5, 0.6) is 0 Å². The van der Waals surface area contributed by atoms with E-state index < -0.39 is 10.8 Å². The fourth-order valence-corrected chi connectivity index (χ4v) is 1.88. The van der Waals surface area contributed by atoms with Gasteiger partial charge in [0.15, 0.2) is 0 Å². The Morgan fingerprint density at radius 1 is 1.53 bits per heavy atom. The van der Waals surface area contributed by atoms with Crippen molar-refractivity contribution in [2.45, 2.75) is 20.3 Å². The third-order valence-electron chi connectivity index (χ3n) is 2.71. The van der Waals surface area contributed by atoms with E-state index >= 15 is 0 Å². The molecular formula is C14H16N2O3. The zero-order valence-corrected chi connectivity index (χ0v) is 11.0.